The summed E-state index contributed by atoms with van der Waals surface area (Å²) in [6.07, 6.45) is 1.11. The maximum absolute atomic E-state index is 5.40. The van der Waals surface area contributed by atoms with E-state index in [0.717, 1.165) is 76.2 Å². The summed E-state index contributed by atoms with van der Waals surface area (Å²) >= 11 is 0. The van der Waals surface area contributed by atoms with Gasteiger partial charge in [0.2, 0.25) is 0 Å². The Kier molecular flexibility index (Phi) is 11.3. The normalized spacial score (nSPS) is 21.7. The van der Waals surface area contributed by atoms with Gasteiger partial charge in [-0.2, -0.15) is 0 Å². The second kappa shape index (κ2) is 13.4. The molecule has 1 aromatic carbocycles. The molecule has 0 amide bonds. The summed E-state index contributed by atoms with van der Waals surface area (Å²) in [6, 6.07) is 6.98. The maximum Gasteiger partial charge on any atom is 0.191 e. The first kappa shape index (κ1) is 26.9. The molecule has 2 atom stereocenters. The van der Waals surface area contributed by atoms with E-state index in [4.69, 9.17) is 9.47 Å². The van der Waals surface area contributed by atoms with E-state index in [2.05, 4.69) is 56.4 Å². The number of benzene rings is 1. The third kappa shape index (κ3) is 7.93. The fourth-order valence-electron chi connectivity index (χ4n) is 4.33. The topological polar surface area (TPSA) is 64.6 Å². The lowest BCUT2D eigenvalue weighted by Gasteiger charge is -2.36. The molecule has 0 saturated carbocycles. The highest BCUT2D eigenvalue weighted by atomic mass is 127. The van der Waals surface area contributed by atoms with Crippen molar-refractivity contribution in [3.63, 3.8) is 0 Å². The smallest absolute Gasteiger partial charge is 0.191 e. The van der Waals surface area contributed by atoms with Gasteiger partial charge in [0, 0.05) is 77.6 Å². The van der Waals surface area contributed by atoms with Crippen LogP contribution in [0.1, 0.15) is 18.9 Å². The van der Waals surface area contributed by atoms with E-state index in [1.165, 1.54) is 5.56 Å². The van der Waals surface area contributed by atoms with Crippen LogP contribution in [0.5, 0.6) is 11.5 Å². The summed E-state index contributed by atoms with van der Waals surface area (Å²) in [5, 5.41) is 7.14. The largest absolute Gasteiger partial charge is 0.497 e. The van der Waals surface area contributed by atoms with Crippen molar-refractivity contribution in [1.82, 2.24) is 25.3 Å². The highest BCUT2D eigenvalue weighted by Gasteiger charge is 2.24. The van der Waals surface area contributed by atoms with Gasteiger partial charge in [0.15, 0.2) is 5.96 Å². The van der Waals surface area contributed by atoms with Crippen molar-refractivity contribution < 1.29 is 9.47 Å². The van der Waals surface area contributed by atoms with E-state index in [9.17, 15) is 0 Å². The van der Waals surface area contributed by atoms with E-state index >= 15 is 0 Å². The van der Waals surface area contributed by atoms with E-state index in [1.54, 1.807) is 14.2 Å². The van der Waals surface area contributed by atoms with Crippen LogP contribution >= 0.6 is 24.0 Å². The van der Waals surface area contributed by atoms with Crippen LogP contribution in [0.3, 0.4) is 0 Å². The average molecular weight is 561 g/mol. The van der Waals surface area contributed by atoms with Crippen molar-refractivity contribution in [2.45, 2.75) is 32.0 Å². The monoisotopic (exact) mass is 560 g/mol. The van der Waals surface area contributed by atoms with Crippen LogP contribution in [0.4, 0.5) is 0 Å². The molecule has 9 heteroatoms. The molecule has 8 nitrogen and oxygen atoms in total. The molecule has 0 radical (unpaired) electrons. The van der Waals surface area contributed by atoms with Crippen molar-refractivity contribution >= 4 is 29.9 Å². The van der Waals surface area contributed by atoms with Gasteiger partial charge in [-0.05, 0) is 38.1 Å². The Labute approximate surface area is 210 Å². The molecule has 2 fully saturated rings. The van der Waals surface area contributed by atoms with Crippen molar-refractivity contribution in [2.75, 3.05) is 74.1 Å². The summed E-state index contributed by atoms with van der Waals surface area (Å²) < 4.78 is 10.8. The number of aliphatic imine (C=N–C) groups is 1. The zero-order valence-electron chi connectivity index (χ0n) is 20.3. The quantitative estimate of drug-likeness (QED) is 0.285. The number of piperazine rings is 1. The minimum atomic E-state index is 0. The van der Waals surface area contributed by atoms with Crippen LogP contribution < -0.4 is 20.1 Å². The Balaban J connectivity index is 0.00000363. The number of nitrogens with zero attached hydrogens (tertiary/aromatic N) is 4. The summed E-state index contributed by atoms with van der Waals surface area (Å²) in [5.41, 5.74) is 1.21. The highest BCUT2D eigenvalue weighted by Crippen LogP contribution is 2.24. The Morgan fingerprint density at radius 1 is 1.09 bits per heavy atom. The van der Waals surface area contributed by atoms with Gasteiger partial charge in [0.25, 0.3) is 0 Å². The number of likely N-dealkylation sites (tertiary alicyclic amines) is 1. The minimum absolute atomic E-state index is 0. The second-order valence-electron chi connectivity index (χ2n) is 8.73. The Bertz CT molecular complexity index is 704. The van der Waals surface area contributed by atoms with Gasteiger partial charge in [-0.25, -0.2) is 0 Å². The van der Waals surface area contributed by atoms with E-state index in [1.807, 2.05) is 13.1 Å². The van der Waals surface area contributed by atoms with E-state index < -0.39 is 0 Å². The standard InChI is InChI=1S/C23H40N6O2.HI/c1-18(29-10-8-27(3)9-11-29)15-25-23(24-2)26-20-6-7-28(17-20)16-19-12-21(30-4)14-22(13-19)31-5;/h12-14,18,20H,6-11,15-17H2,1-5H3,(H2,24,25,26);1H. The Morgan fingerprint density at radius 3 is 2.34 bits per heavy atom. The number of ether oxygens (including phenoxy) is 2. The van der Waals surface area contributed by atoms with E-state index in [-0.39, 0.29) is 24.0 Å². The lowest BCUT2D eigenvalue weighted by Crippen LogP contribution is -2.53. The molecule has 0 aromatic heterocycles. The fraction of sp³-hybridized carbons (Fsp3) is 0.696. The zero-order chi connectivity index (χ0) is 22.2. The molecule has 2 aliphatic rings. The van der Waals surface area contributed by atoms with Crippen LogP contribution in [-0.2, 0) is 6.54 Å². The van der Waals surface area contributed by atoms with Crippen LogP contribution in [-0.4, -0.2) is 107 Å². The number of hydrogen-bond acceptors (Lipinski definition) is 6. The van der Waals surface area contributed by atoms with E-state index in [0.29, 0.717) is 12.1 Å². The SMILES string of the molecule is CN=C(NCC(C)N1CCN(C)CC1)NC1CCN(Cc2cc(OC)cc(OC)c2)C1.I. The molecule has 182 valence electrons. The van der Waals surface area contributed by atoms with Gasteiger partial charge in [-0.15, -0.1) is 24.0 Å². The predicted octanol–water partition coefficient (Wildman–Crippen LogP) is 1.70. The molecule has 2 N–H and O–H groups in total. The van der Waals surface area contributed by atoms with Crippen molar-refractivity contribution in [3.05, 3.63) is 23.8 Å². The molecule has 0 spiro atoms. The number of guanidine groups is 1. The van der Waals surface area contributed by atoms with Gasteiger partial charge in [-0.3, -0.25) is 14.8 Å². The zero-order valence-corrected chi connectivity index (χ0v) is 22.6. The fourth-order valence-corrected chi connectivity index (χ4v) is 4.33. The molecule has 2 heterocycles. The van der Waals surface area contributed by atoms with Crippen LogP contribution in [0.15, 0.2) is 23.2 Å². The van der Waals surface area contributed by atoms with Gasteiger partial charge in [0.05, 0.1) is 14.2 Å². The summed E-state index contributed by atoms with van der Waals surface area (Å²) in [6.45, 7) is 10.7. The number of halogens is 1. The number of hydrogen-bond donors (Lipinski definition) is 2. The van der Waals surface area contributed by atoms with Crippen LogP contribution in [0.25, 0.3) is 0 Å². The van der Waals surface area contributed by atoms with Crippen molar-refractivity contribution in [2.24, 2.45) is 4.99 Å². The van der Waals surface area contributed by atoms with Crippen molar-refractivity contribution in [1.29, 1.82) is 0 Å². The molecule has 32 heavy (non-hydrogen) atoms. The van der Waals surface area contributed by atoms with Crippen LogP contribution in [0.2, 0.25) is 0 Å². The van der Waals surface area contributed by atoms with Gasteiger partial charge in [0.1, 0.15) is 11.5 Å². The van der Waals surface area contributed by atoms with Gasteiger partial charge >= 0.3 is 0 Å². The molecule has 0 aliphatic carbocycles. The first-order chi connectivity index (χ1) is 15.0. The lowest BCUT2D eigenvalue weighted by atomic mass is 10.2. The number of nitrogens with one attached hydrogen (secondary N) is 2. The molecule has 3 rings (SSSR count). The molecule has 2 unspecified atom stereocenters. The van der Waals surface area contributed by atoms with Crippen molar-refractivity contribution in [3.8, 4) is 11.5 Å². The minimum Gasteiger partial charge on any atom is -0.497 e. The summed E-state index contributed by atoms with van der Waals surface area (Å²) in [5.74, 6) is 2.57. The molecule has 0 bridgehead atoms. The predicted molar refractivity (Wildman–Crippen MR) is 142 cm³/mol. The molecule has 2 aliphatic heterocycles. The molecule has 1 aromatic rings. The second-order valence-corrected chi connectivity index (χ2v) is 8.73. The molecule has 2 saturated heterocycles. The number of likely N-dealkylation sites (N-methyl/N-ethyl adjacent to an activating group) is 1. The lowest BCUT2D eigenvalue weighted by molar-refractivity contribution is 0.120. The number of methoxy groups -OCH3 is 2. The Hall–Kier alpha value is -1.30. The van der Waals surface area contributed by atoms with Gasteiger partial charge < -0.3 is 25.0 Å². The van der Waals surface area contributed by atoms with Gasteiger partial charge in [-0.1, -0.05) is 0 Å². The average Bonchev–Trinajstić information content (AvgIpc) is 3.23. The molecular weight excluding hydrogens is 519 g/mol. The summed E-state index contributed by atoms with van der Waals surface area (Å²) in [4.78, 5) is 11.9. The first-order valence-corrected chi connectivity index (χ1v) is 11.3. The Morgan fingerprint density at radius 2 is 1.75 bits per heavy atom. The number of rotatable bonds is 8. The third-order valence-electron chi connectivity index (χ3n) is 6.38. The van der Waals surface area contributed by atoms with Crippen LogP contribution in [0, 0.1) is 0 Å². The summed E-state index contributed by atoms with van der Waals surface area (Å²) in [7, 11) is 7.43. The first-order valence-electron chi connectivity index (χ1n) is 11.3. The molecular formula is C23H41IN6O2. The highest BCUT2D eigenvalue weighted by molar-refractivity contribution is 14.0. The maximum atomic E-state index is 5.40. The third-order valence-corrected chi connectivity index (χ3v) is 6.38.